The number of likely N-dealkylation sites (tertiary alicyclic amines) is 1. The number of carbonyl (C=O) groups is 1. The van der Waals surface area contributed by atoms with Crippen molar-refractivity contribution in [1.29, 1.82) is 0 Å². The molecule has 4 N–H and O–H groups in total. The highest BCUT2D eigenvalue weighted by atomic mass is 16.5. The van der Waals surface area contributed by atoms with E-state index in [0.717, 1.165) is 25.9 Å². The lowest BCUT2D eigenvalue weighted by molar-refractivity contribution is 0.0858. The molecule has 0 unspecified atom stereocenters. The zero-order valence-corrected chi connectivity index (χ0v) is 20.1. The first-order valence-electron chi connectivity index (χ1n) is 12.1. The number of hydrogen-bond donors (Lipinski definition) is 3. The van der Waals surface area contributed by atoms with Crippen LogP contribution in [0.15, 0.2) is 24.3 Å². The van der Waals surface area contributed by atoms with Gasteiger partial charge in [-0.3, -0.25) is 4.79 Å². The number of β-amino-alcohol motifs (C(OH)–C–C–N with tert-alkyl or cyclic N) is 1. The first kappa shape index (κ1) is 26.6. The normalized spacial score (nSPS) is 17.3. The van der Waals surface area contributed by atoms with Crippen molar-refractivity contribution in [3.8, 4) is 5.75 Å². The second-order valence-corrected chi connectivity index (χ2v) is 9.23. The molecule has 0 aliphatic carbocycles. The molecule has 0 saturated carbocycles. The van der Waals surface area contributed by atoms with E-state index < -0.39 is 6.10 Å². The molecule has 1 aromatic rings. The van der Waals surface area contributed by atoms with E-state index in [-0.39, 0.29) is 17.9 Å². The third kappa shape index (κ3) is 9.06. The molecule has 1 heterocycles. The van der Waals surface area contributed by atoms with Crippen molar-refractivity contribution >= 4 is 5.91 Å². The summed E-state index contributed by atoms with van der Waals surface area (Å²) >= 11 is 0. The predicted molar refractivity (Wildman–Crippen MR) is 128 cm³/mol. The Balaban J connectivity index is 1.85. The summed E-state index contributed by atoms with van der Waals surface area (Å²) in [5.74, 6) is 0.979. The van der Waals surface area contributed by atoms with Gasteiger partial charge in [-0.1, -0.05) is 26.0 Å². The van der Waals surface area contributed by atoms with Gasteiger partial charge in [-0.2, -0.15) is 0 Å². The average molecular weight is 450 g/mol. The standard InChI is InChI=1S/C25H43N3O4/c1-19(2)20(16-22(26)23(29)18-28-12-6-7-13-28)17-27-25(30)21-10-4-5-11-24(21)32-15-9-8-14-31-3/h4-5,10-11,19-20,22-23,29H,6-9,12-18,26H2,1-3H3,(H,27,30)/t20-,22+,23+/m1/s1. The molecule has 1 saturated heterocycles. The van der Waals surface area contributed by atoms with Crippen LogP contribution < -0.4 is 15.8 Å². The van der Waals surface area contributed by atoms with Crippen LogP contribution in [-0.4, -0.2) is 74.6 Å². The van der Waals surface area contributed by atoms with Crippen LogP contribution in [0.25, 0.3) is 0 Å². The van der Waals surface area contributed by atoms with Crippen LogP contribution in [0.3, 0.4) is 0 Å². The predicted octanol–water partition coefficient (Wildman–Crippen LogP) is 2.67. The second kappa shape index (κ2) is 14.5. The van der Waals surface area contributed by atoms with Crippen molar-refractivity contribution < 1.29 is 19.4 Å². The number of nitrogens with zero attached hydrogens (tertiary/aromatic N) is 1. The maximum atomic E-state index is 12.9. The van der Waals surface area contributed by atoms with Crippen molar-refractivity contribution in [3.63, 3.8) is 0 Å². The first-order valence-corrected chi connectivity index (χ1v) is 12.1. The number of nitrogens with one attached hydrogen (secondary N) is 1. The van der Waals surface area contributed by atoms with Gasteiger partial charge in [0, 0.05) is 32.8 Å². The molecule has 0 aromatic heterocycles. The molecule has 0 spiro atoms. The molecule has 1 aromatic carbocycles. The largest absolute Gasteiger partial charge is 0.493 e. The molecule has 0 radical (unpaired) electrons. The fourth-order valence-electron chi connectivity index (χ4n) is 4.09. The summed E-state index contributed by atoms with van der Waals surface area (Å²) in [5, 5.41) is 13.6. The first-order chi connectivity index (χ1) is 15.4. The Morgan fingerprint density at radius 3 is 2.56 bits per heavy atom. The summed E-state index contributed by atoms with van der Waals surface area (Å²) in [6, 6.07) is 7.03. The van der Waals surface area contributed by atoms with Gasteiger partial charge < -0.3 is 30.5 Å². The Labute approximate surface area is 193 Å². The number of unbranched alkanes of at least 4 members (excludes halogenated alkanes) is 1. The molecule has 32 heavy (non-hydrogen) atoms. The van der Waals surface area contributed by atoms with Crippen molar-refractivity contribution in [2.75, 3.05) is 46.5 Å². The van der Waals surface area contributed by atoms with Crippen molar-refractivity contribution in [2.24, 2.45) is 17.6 Å². The SMILES string of the molecule is COCCCCOc1ccccc1C(=O)NC[C@@H](C[C@H](N)[C@@H](O)CN1CCCC1)C(C)C. The van der Waals surface area contributed by atoms with Crippen molar-refractivity contribution in [3.05, 3.63) is 29.8 Å². The quantitative estimate of drug-likeness (QED) is 0.356. The van der Waals surface area contributed by atoms with Crippen molar-refractivity contribution in [2.45, 2.75) is 58.1 Å². The summed E-state index contributed by atoms with van der Waals surface area (Å²) in [5.41, 5.74) is 6.89. The Morgan fingerprint density at radius 1 is 1.19 bits per heavy atom. The number of ether oxygens (including phenoxy) is 2. The molecule has 3 atom stereocenters. The van der Waals surface area contributed by atoms with E-state index in [2.05, 4.69) is 24.1 Å². The van der Waals surface area contributed by atoms with E-state index in [1.54, 1.807) is 13.2 Å². The summed E-state index contributed by atoms with van der Waals surface area (Å²) in [7, 11) is 1.69. The highest BCUT2D eigenvalue weighted by Crippen LogP contribution is 2.21. The van der Waals surface area contributed by atoms with Gasteiger partial charge in [0.25, 0.3) is 5.91 Å². The second-order valence-electron chi connectivity index (χ2n) is 9.23. The van der Waals surface area contributed by atoms with Gasteiger partial charge >= 0.3 is 0 Å². The monoisotopic (exact) mass is 449 g/mol. The number of methoxy groups -OCH3 is 1. The van der Waals surface area contributed by atoms with E-state index in [1.807, 2.05) is 18.2 Å². The maximum absolute atomic E-state index is 12.9. The number of nitrogens with two attached hydrogens (primary N) is 1. The van der Waals surface area contributed by atoms with Crippen LogP contribution in [0.2, 0.25) is 0 Å². The van der Waals surface area contributed by atoms with E-state index in [4.69, 9.17) is 15.2 Å². The molecule has 1 amide bonds. The maximum Gasteiger partial charge on any atom is 0.255 e. The van der Waals surface area contributed by atoms with Crippen LogP contribution in [0, 0.1) is 11.8 Å². The van der Waals surface area contributed by atoms with Gasteiger partial charge in [0.2, 0.25) is 0 Å². The van der Waals surface area contributed by atoms with E-state index in [9.17, 15) is 9.90 Å². The minimum Gasteiger partial charge on any atom is -0.493 e. The fraction of sp³-hybridized carbons (Fsp3) is 0.720. The molecule has 0 bridgehead atoms. The van der Waals surface area contributed by atoms with Gasteiger partial charge in [-0.05, 0) is 69.2 Å². The molecule has 182 valence electrons. The van der Waals surface area contributed by atoms with Gasteiger partial charge in [0.1, 0.15) is 5.75 Å². The number of aliphatic hydroxyl groups is 1. The summed E-state index contributed by atoms with van der Waals surface area (Å²) < 4.78 is 10.9. The number of benzene rings is 1. The van der Waals surface area contributed by atoms with Crippen LogP contribution in [0.5, 0.6) is 5.75 Å². The zero-order valence-electron chi connectivity index (χ0n) is 20.1. The van der Waals surface area contributed by atoms with Crippen LogP contribution in [0.1, 0.15) is 56.3 Å². The molecule has 1 fully saturated rings. The molecule has 7 heteroatoms. The molecule has 1 aliphatic rings. The number of rotatable bonds is 15. The van der Waals surface area contributed by atoms with Gasteiger partial charge in [-0.15, -0.1) is 0 Å². The summed E-state index contributed by atoms with van der Waals surface area (Å²) in [6.07, 6.45) is 4.31. The lowest BCUT2D eigenvalue weighted by atomic mass is 9.87. The fourth-order valence-corrected chi connectivity index (χ4v) is 4.09. The number of carbonyl (C=O) groups excluding carboxylic acids is 1. The Morgan fingerprint density at radius 2 is 1.88 bits per heavy atom. The number of amides is 1. The van der Waals surface area contributed by atoms with Crippen molar-refractivity contribution in [1.82, 2.24) is 10.2 Å². The topological polar surface area (TPSA) is 97.0 Å². The van der Waals surface area contributed by atoms with E-state index >= 15 is 0 Å². The highest BCUT2D eigenvalue weighted by Gasteiger charge is 2.25. The van der Waals surface area contributed by atoms with Crippen LogP contribution >= 0.6 is 0 Å². The Kier molecular flexibility index (Phi) is 12.0. The number of aliphatic hydroxyl groups excluding tert-OH is 1. The zero-order chi connectivity index (χ0) is 23.3. The van der Waals surface area contributed by atoms with Gasteiger partial charge in [-0.25, -0.2) is 0 Å². The van der Waals surface area contributed by atoms with Crippen LogP contribution in [0.4, 0.5) is 0 Å². The van der Waals surface area contributed by atoms with E-state index in [0.29, 0.717) is 50.0 Å². The van der Waals surface area contributed by atoms with Crippen LogP contribution in [-0.2, 0) is 4.74 Å². The highest BCUT2D eigenvalue weighted by molar-refractivity contribution is 5.96. The van der Waals surface area contributed by atoms with Gasteiger partial charge in [0.15, 0.2) is 0 Å². The Bertz CT molecular complexity index is 664. The van der Waals surface area contributed by atoms with E-state index in [1.165, 1.54) is 12.8 Å². The summed E-state index contributed by atoms with van der Waals surface area (Å²) in [6.45, 7) is 8.75. The third-order valence-corrected chi connectivity index (χ3v) is 6.31. The minimum atomic E-state index is -0.544. The number of para-hydroxylation sites is 1. The molecule has 7 nitrogen and oxygen atoms in total. The number of hydrogen-bond acceptors (Lipinski definition) is 6. The third-order valence-electron chi connectivity index (χ3n) is 6.31. The Hall–Kier alpha value is -1.67. The average Bonchev–Trinajstić information content (AvgIpc) is 3.29. The molecular formula is C25H43N3O4. The lowest BCUT2D eigenvalue weighted by Crippen LogP contribution is -2.45. The molecule has 2 rings (SSSR count). The minimum absolute atomic E-state index is 0.144. The lowest BCUT2D eigenvalue weighted by Gasteiger charge is -2.29. The molecule has 1 aliphatic heterocycles. The smallest absolute Gasteiger partial charge is 0.255 e. The summed E-state index contributed by atoms with van der Waals surface area (Å²) in [4.78, 5) is 15.2. The van der Waals surface area contributed by atoms with Gasteiger partial charge in [0.05, 0.1) is 18.3 Å². The molecular weight excluding hydrogens is 406 g/mol.